The number of benzene rings is 1. The van der Waals surface area contributed by atoms with Crippen molar-refractivity contribution in [3.05, 3.63) is 35.4 Å². The van der Waals surface area contributed by atoms with Gasteiger partial charge in [-0.1, -0.05) is 12.1 Å². The van der Waals surface area contributed by atoms with Gasteiger partial charge < -0.3 is 10.0 Å². The molecule has 1 fully saturated rings. The van der Waals surface area contributed by atoms with Crippen LogP contribution in [0.2, 0.25) is 0 Å². The number of aliphatic hydroxyl groups excluding tert-OH is 1. The number of halogens is 1. The molecule has 2 rings (SSSR count). The third-order valence-electron chi connectivity index (χ3n) is 3.65. The first-order valence-corrected chi connectivity index (χ1v) is 6.81. The minimum atomic E-state index is -0.876. The molecule has 2 atom stereocenters. The minimum absolute atomic E-state index is 0.0310. The normalized spacial score (nSPS) is 23.0. The van der Waals surface area contributed by atoms with Crippen molar-refractivity contribution >= 4 is 5.91 Å². The molecule has 1 aliphatic rings. The fourth-order valence-corrected chi connectivity index (χ4v) is 2.60. The van der Waals surface area contributed by atoms with Gasteiger partial charge in [0.05, 0.1) is 6.61 Å². The minimum Gasteiger partial charge on any atom is -0.395 e. The molecule has 1 saturated heterocycles. The van der Waals surface area contributed by atoms with E-state index < -0.39 is 6.17 Å². The zero-order chi connectivity index (χ0) is 14.7. The van der Waals surface area contributed by atoms with Crippen LogP contribution in [0.15, 0.2) is 24.3 Å². The highest BCUT2D eigenvalue weighted by molar-refractivity contribution is 5.94. The number of likely N-dealkylation sites (tertiary alicyclic amines) is 1. The van der Waals surface area contributed by atoms with Crippen LogP contribution in [0.4, 0.5) is 4.39 Å². The summed E-state index contributed by atoms with van der Waals surface area (Å²) in [6.07, 6.45) is -0.494. The average molecular weight is 280 g/mol. The molecule has 5 heteroatoms. The van der Waals surface area contributed by atoms with Crippen molar-refractivity contribution in [3.63, 3.8) is 0 Å². The highest BCUT2D eigenvalue weighted by Gasteiger charge is 2.31. The van der Waals surface area contributed by atoms with Gasteiger partial charge in [0, 0.05) is 38.8 Å². The monoisotopic (exact) mass is 280 g/mol. The van der Waals surface area contributed by atoms with Gasteiger partial charge in [0.2, 0.25) is 0 Å². The van der Waals surface area contributed by atoms with E-state index in [0.717, 1.165) is 5.56 Å². The van der Waals surface area contributed by atoms with Gasteiger partial charge in [-0.3, -0.25) is 9.69 Å². The van der Waals surface area contributed by atoms with Crippen LogP contribution in [-0.4, -0.2) is 60.3 Å². The van der Waals surface area contributed by atoms with Crippen molar-refractivity contribution in [2.24, 2.45) is 0 Å². The average Bonchev–Trinajstić information content (AvgIpc) is 2.78. The summed E-state index contributed by atoms with van der Waals surface area (Å²) in [5, 5.41) is 9.28. The predicted molar refractivity (Wildman–Crippen MR) is 75.3 cm³/mol. The summed E-state index contributed by atoms with van der Waals surface area (Å²) in [5.74, 6) is -0.0460. The molecule has 110 valence electrons. The summed E-state index contributed by atoms with van der Waals surface area (Å²) in [5.41, 5.74) is 1.59. The molecule has 20 heavy (non-hydrogen) atoms. The zero-order valence-electron chi connectivity index (χ0n) is 11.9. The van der Waals surface area contributed by atoms with Crippen LogP contribution in [-0.2, 0) is 6.54 Å². The lowest BCUT2D eigenvalue weighted by molar-refractivity contribution is 0.0827. The fraction of sp³-hybridized carbons (Fsp3) is 0.533. The Morgan fingerprint density at radius 3 is 2.90 bits per heavy atom. The van der Waals surface area contributed by atoms with Crippen molar-refractivity contribution in [3.8, 4) is 0 Å². The van der Waals surface area contributed by atoms with Gasteiger partial charge in [-0.15, -0.1) is 0 Å². The van der Waals surface area contributed by atoms with E-state index in [9.17, 15) is 14.3 Å². The van der Waals surface area contributed by atoms with Crippen LogP contribution in [0.25, 0.3) is 0 Å². The number of alkyl halides is 1. The van der Waals surface area contributed by atoms with E-state index in [1.807, 2.05) is 23.1 Å². The van der Waals surface area contributed by atoms with E-state index in [0.29, 0.717) is 25.1 Å². The molecule has 1 aromatic rings. The van der Waals surface area contributed by atoms with Crippen molar-refractivity contribution < 1.29 is 14.3 Å². The number of rotatable bonds is 4. The van der Waals surface area contributed by atoms with Crippen molar-refractivity contribution in [2.45, 2.75) is 25.2 Å². The first kappa shape index (κ1) is 14.9. The topological polar surface area (TPSA) is 43.8 Å². The first-order valence-electron chi connectivity index (χ1n) is 6.81. The van der Waals surface area contributed by atoms with Crippen LogP contribution < -0.4 is 0 Å². The number of amides is 1. The van der Waals surface area contributed by atoms with Gasteiger partial charge >= 0.3 is 0 Å². The molecular formula is C15H21FN2O2. The molecule has 0 aromatic heterocycles. The number of hydrogen-bond donors (Lipinski definition) is 1. The van der Waals surface area contributed by atoms with Crippen molar-refractivity contribution in [1.82, 2.24) is 9.80 Å². The molecule has 0 saturated carbocycles. The SMILES string of the molecule is CN(C)C(=O)c1cccc(CN2C[C@@H](F)C[C@H]2CO)c1. The molecule has 0 spiro atoms. The molecule has 1 aromatic carbocycles. The lowest BCUT2D eigenvalue weighted by Crippen LogP contribution is -2.32. The Morgan fingerprint density at radius 1 is 1.50 bits per heavy atom. The molecule has 0 radical (unpaired) electrons. The molecule has 1 heterocycles. The van der Waals surface area contributed by atoms with E-state index in [1.54, 1.807) is 20.2 Å². The van der Waals surface area contributed by atoms with Gasteiger partial charge in [0.25, 0.3) is 5.91 Å². The zero-order valence-corrected chi connectivity index (χ0v) is 11.9. The number of carbonyl (C=O) groups is 1. The van der Waals surface area contributed by atoms with Gasteiger partial charge in [0.15, 0.2) is 0 Å². The van der Waals surface area contributed by atoms with Gasteiger partial charge in [-0.2, -0.15) is 0 Å². The molecule has 1 amide bonds. The Balaban J connectivity index is 2.10. The van der Waals surface area contributed by atoms with E-state index >= 15 is 0 Å². The van der Waals surface area contributed by atoms with Crippen LogP contribution >= 0.6 is 0 Å². The second-order valence-electron chi connectivity index (χ2n) is 5.50. The van der Waals surface area contributed by atoms with Crippen molar-refractivity contribution in [1.29, 1.82) is 0 Å². The Labute approximate surface area is 118 Å². The number of aliphatic hydroxyl groups is 1. The maximum atomic E-state index is 13.4. The van der Waals surface area contributed by atoms with Gasteiger partial charge in [0.1, 0.15) is 6.17 Å². The lowest BCUT2D eigenvalue weighted by atomic mass is 10.1. The lowest BCUT2D eigenvalue weighted by Gasteiger charge is -2.22. The van der Waals surface area contributed by atoms with Gasteiger partial charge in [-0.05, 0) is 24.1 Å². The molecule has 0 aliphatic carbocycles. The predicted octanol–water partition coefficient (Wildman–Crippen LogP) is 1.29. The van der Waals surface area contributed by atoms with Crippen LogP contribution in [0.1, 0.15) is 22.3 Å². The second kappa shape index (κ2) is 6.33. The molecule has 0 bridgehead atoms. The Kier molecular flexibility index (Phi) is 4.73. The number of carbonyl (C=O) groups excluding carboxylic acids is 1. The molecule has 4 nitrogen and oxygen atoms in total. The summed E-state index contributed by atoms with van der Waals surface area (Å²) < 4.78 is 13.4. The number of nitrogens with zero attached hydrogens (tertiary/aromatic N) is 2. The Hall–Kier alpha value is -1.46. The highest BCUT2D eigenvalue weighted by Crippen LogP contribution is 2.22. The molecule has 0 unspecified atom stereocenters. The Morgan fingerprint density at radius 2 is 2.25 bits per heavy atom. The van der Waals surface area contributed by atoms with Crippen LogP contribution in [0.3, 0.4) is 0 Å². The van der Waals surface area contributed by atoms with E-state index in [1.165, 1.54) is 4.90 Å². The molecule has 1 N–H and O–H groups in total. The second-order valence-corrected chi connectivity index (χ2v) is 5.50. The van der Waals surface area contributed by atoms with Crippen LogP contribution in [0.5, 0.6) is 0 Å². The highest BCUT2D eigenvalue weighted by atomic mass is 19.1. The smallest absolute Gasteiger partial charge is 0.253 e. The third kappa shape index (κ3) is 3.35. The maximum absolute atomic E-state index is 13.4. The summed E-state index contributed by atoms with van der Waals surface area (Å²) >= 11 is 0. The third-order valence-corrected chi connectivity index (χ3v) is 3.65. The summed E-state index contributed by atoms with van der Waals surface area (Å²) in [6.45, 7) is 0.869. The Bertz CT molecular complexity index is 479. The summed E-state index contributed by atoms with van der Waals surface area (Å²) in [7, 11) is 3.43. The fourth-order valence-electron chi connectivity index (χ4n) is 2.60. The van der Waals surface area contributed by atoms with E-state index in [4.69, 9.17) is 0 Å². The standard InChI is InChI=1S/C15H21FN2O2/c1-17(2)15(20)12-5-3-4-11(6-12)8-18-9-13(16)7-14(18)10-19/h3-6,13-14,19H,7-10H2,1-2H3/t13-,14-/m0/s1. The molecule has 1 aliphatic heterocycles. The van der Waals surface area contributed by atoms with Crippen LogP contribution in [0, 0.1) is 0 Å². The largest absolute Gasteiger partial charge is 0.395 e. The summed E-state index contributed by atoms with van der Waals surface area (Å²) in [4.78, 5) is 15.4. The summed E-state index contributed by atoms with van der Waals surface area (Å²) in [6, 6.07) is 7.24. The number of hydrogen-bond acceptors (Lipinski definition) is 3. The van der Waals surface area contributed by atoms with E-state index in [-0.39, 0.29) is 18.6 Å². The quantitative estimate of drug-likeness (QED) is 0.904. The molecular weight excluding hydrogens is 259 g/mol. The maximum Gasteiger partial charge on any atom is 0.253 e. The van der Waals surface area contributed by atoms with Gasteiger partial charge in [-0.25, -0.2) is 4.39 Å². The van der Waals surface area contributed by atoms with E-state index in [2.05, 4.69) is 0 Å². The van der Waals surface area contributed by atoms with Crippen molar-refractivity contribution in [2.75, 3.05) is 27.2 Å². The first-order chi connectivity index (χ1) is 9.51.